The molecular formula is C22H23ClN2O4. The van der Waals surface area contributed by atoms with E-state index in [1.54, 1.807) is 37.4 Å². The zero-order valence-electron chi connectivity index (χ0n) is 16.4. The number of rotatable bonds is 9. The van der Waals surface area contributed by atoms with Crippen molar-refractivity contribution in [2.45, 2.75) is 0 Å². The zero-order chi connectivity index (χ0) is 21.2. The number of carbonyl (C=O) groups is 2. The minimum atomic E-state index is -0.362. The van der Waals surface area contributed by atoms with Gasteiger partial charge < -0.3 is 19.7 Å². The van der Waals surface area contributed by atoms with Gasteiger partial charge in [0, 0.05) is 18.1 Å². The molecule has 0 heterocycles. The second kappa shape index (κ2) is 10.9. The van der Waals surface area contributed by atoms with Crippen molar-refractivity contribution in [1.82, 2.24) is 4.90 Å². The molecule has 2 rings (SSSR count). The van der Waals surface area contributed by atoms with E-state index in [1.165, 1.54) is 18.1 Å². The number of hydrogen-bond donors (Lipinski definition) is 1. The Labute approximate surface area is 175 Å². The van der Waals surface area contributed by atoms with Gasteiger partial charge in [-0.1, -0.05) is 36.4 Å². The number of halogens is 1. The molecular weight excluding hydrogens is 392 g/mol. The van der Waals surface area contributed by atoms with Crippen LogP contribution in [0.25, 0.3) is 6.08 Å². The molecule has 0 fully saturated rings. The van der Waals surface area contributed by atoms with Gasteiger partial charge in [0.15, 0.2) is 0 Å². The predicted molar refractivity (Wildman–Crippen MR) is 115 cm³/mol. The molecule has 1 N–H and O–H groups in total. The minimum absolute atomic E-state index is 0.118. The zero-order valence-corrected chi connectivity index (χ0v) is 17.1. The molecule has 2 aromatic rings. The summed E-state index contributed by atoms with van der Waals surface area (Å²) in [6, 6.07) is 12.2. The van der Waals surface area contributed by atoms with Crippen LogP contribution in [0, 0.1) is 0 Å². The number of nitrogens with zero attached hydrogens (tertiary/aromatic N) is 1. The van der Waals surface area contributed by atoms with Crippen LogP contribution in [0.3, 0.4) is 0 Å². The van der Waals surface area contributed by atoms with Gasteiger partial charge in [-0.2, -0.15) is 0 Å². The Bertz CT molecular complexity index is 894. The highest BCUT2D eigenvalue weighted by Crippen LogP contribution is 2.27. The van der Waals surface area contributed by atoms with Crippen LogP contribution in [-0.4, -0.2) is 44.0 Å². The maximum absolute atomic E-state index is 12.3. The molecule has 7 heteroatoms. The van der Waals surface area contributed by atoms with Crippen molar-refractivity contribution in [3.8, 4) is 11.5 Å². The highest BCUT2D eigenvalue weighted by molar-refractivity contribution is 6.31. The standard InChI is InChI=1S/C22H23ClN2O4/c1-4-13-29-18-9-5-16(6-10-18)7-12-22(27)25(2)15-21(26)24-19-14-17(23)8-11-20(19)28-3/h4-12,14H,1,13,15H2,2-3H3,(H,24,26)/b12-7+. The van der Waals surface area contributed by atoms with E-state index < -0.39 is 0 Å². The van der Waals surface area contributed by atoms with Crippen molar-refractivity contribution in [2.75, 3.05) is 32.6 Å². The summed E-state index contributed by atoms with van der Waals surface area (Å²) in [6.07, 6.45) is 4.75. The van der Waals surface area contributed by atoms with Gasteiger partial charge in [0.05, 0.1) is 19.3 Å². The van der Waals surface area contributed by atoms with Crippen molar-refractivity contribution in [1.29, 1.82) is 0 Å². The maximum Gasteiger partial charge on any atom is 0.246 e. The van der Waals surface area contributed by atoms with Crippen LogP contribution in [0.2, 0.25) is 5.02 Å². The first-order valence-corrected chi connectivity index (χ1v) is 9.21. The van der Waals surface area contributed by atoms with Crippen molar-refractivity contribution in [3.05, 3.63) is 71.8 Å². The van der Waals surface area contributed by atoms with E-state index in [0.29, 0.717) is 23.1 Å². The average Bonchev–Trinajstić information content (AvgIpc) is 2.71. The average molecular weight is 415 g/mol. The Balaban J connectivity index is 1.91. The number of nitrogens with one attached hydrogen (secondary N) is 1. The molecule has 0 radical (unpaired) electrons. The van der Waals surface area contributed by atoms with Gasteiger partial charge in [0.25, 0.3) is 0 Å². The molecule has 0 saturated heterocycles. The van der Waals surface area contributed by atoms with Crippen molar-refractivity contribution in [3.63, 3.8) is 0 Å². The highest BCUT2D eigenvalue weighted by atomic mass is 35.5. The number of benzene rings is 2. The largest absolute Gasteiger partial charge is 0.495 e. The third-order valence-corrected chi connectivity index (χ3v) is 4.09. The van der Waals surface area contributed by atoms with Crippen LogP contribution in [0.1, 0.15) is 5.56 Å². The smallest absolute Gasteiger partial charge is 0.246 e. The molecule has 0 bridgehead atoms. The lowest BCUT2D eigenvalue weighted by molar-refractivity contribution is -0.129. The van der Waals surface area contributed by atoms with E-state index in [1.807, 2.05) is 24.3 Å². The van der Waals surface area contributed by atoms with Gasteiger partial charge in [0.2, 0.25) is 11.8 Å². The summed E-state index contributed by atoms with van der Waals surface area (Å²) in [5.74, 6) is 0.541. The number of amides is 2. The Hall–Kier alpha value is -3.25. The number of carbonyl (C=O) groups excluding carboxylic acids is 2. The normalized spacial score (nSPS) is 10.4. The van der Waals surface area contributed by atoms with Gasteiger partial charge in [-0.15, -0.1) is 0 Å². The van der Waals surface area contributed by atoms with Crippen molar-refractivity contribution < 1.29 is 19.1 Å². The molecule has 0 atom stereocenters. The molecule has 0 unspecified atom stereocenters. The minimum Gasteiger partial charge on any atom is -0.495 e. The number of likely N-dealkylation sites (N-methyl/N-ethyl adjacent to an activating group) is 1. The van der Waals surface area contributed by atoms with Crippen LogP contribution in [0.4, 0.5) is 5.69 Å². The lowest BCUT2D eigenvalue weighted by atomic mass is 10.2. The third kappa shape index (κ3) is 7.01. The van der Waals surface area contributed by atoms with E-state index in [0.717, 1.165) is 11.3 Å². The summed E-state index contributed by atoms with van der Waals surface area (Å²) in [6.45, 7) is 3.91. The Morgan fingerprint density at radius 1 is 1.21 bits per heavy atom. The fourth-order valence-electron chi connectivity index (χ4n) is 2.39. The topological polar surface area (TPSA) is 67.9 Å². The molecule has 0 saturated carbocycles. The van der Waals surface area contributed by atoms with Gasteiger partial charge in [-0.05, 0) is 42.0 Å². The van der Waals surface area contributed by atoms with E-state index in [4.69, 9.17) is 21.1 Å². The SMILES string of the molecule is C=CCOc1ccc(/C=C/C(=O)N(C)CC(=O)Nc2cc(Cl)ccc2OC)cc1. The van der Waals surface area contributed by atoms with Crippen molar-refractivity contribution in [2.24, 2.45) is 0 Å². The van der Waals surface area contributed by atoms with E-state index >= 15 is 0 Å². The van der Waals surface area contributed by atoms with Gasteiger partial charge in [-0.25, -0.2) is 0 Å². The molecule has 2 amide bonds. The maximum atomic E-state index is 12.3. The molecule has 6 nitrogen and oxygen atoms in total. The third-order valence-electron chi connectivity index (χ3n) is 3.86. The molecule has 0 aliphatic rings. The predicted octanol–water partition coefficient (Wildman–Crippen LogP) is 4.02. The molecule has 29 heavy (non-hydrogen) atoms. The fourth-order valence-corrected chi connectivity index (χ4v) is 2.56. The van der Waals surface area contributed by atoms with Crippen LogP contribution in [0.5, 0.6) is 11.5 Å². The highest BCUT2D eigenvalue weighted by Gasteiger charge is 2.13. The Morgan fingerprint density at radius 3 is 2.59 bits per heavy atom. The van der Waals surface area contributed by atoms with Crippen LogP contribution in [0.15, 0.2) is 61.2 Å². The lowest BCUT2D eigenvalue weighted by Gasteiger charge is -2.16. The molecule has 152 valence electrons. The Morgan fingerprint density at radius 2 is 1.93 bits per heavy atom. The molecule has 0 aliphatic heterocycles. The van der Waals surface area contributed by atoms with E-state index in [-0.39, 0.29) is 18.4 Å². The number of methoxy groups -OCH3 is 1. The van der Waals surface area contributed by atoms with E-state index in [2.05, 4.69) is 11.9 Å². The quantitative estimate of drug-likeness (QED) is 0.497. The van der Waals surface area contributed by atoms with Crippen LogP contribution >= 0.6 is 11.6 Å². The summed E-state index contributed by atoms with van der Waals surface area (Å²) in [5, 5.41) is 3.16. The van der Waals surface area contributed by atoms with Gasteiger partial charge in [-0.3, -0.25) is 9.59 Å². The molecule has 0 spiro atoms. The lowest BCUT2D eigenvalue weighted by Crippen LogP contribution is -2.33. The summed E-state index contributed by atoms with van der Waals surface area (Å²) in [7, 11) is 3.05. The molecule has 2 aromatic carbocycles. The number of hydrogen-bond acceptors (Lipinski definition) is 4. The number of anilines is 1. The summed E-state index contributed by atoms with van der Waals surface area (Å²) in [4.78, 5) is 25.8. The first kappa shape index (κ1) is 22.0. The second-order valence-electron chi connectivity index (χ2n) is 6.09. The summed E-state index contributed by atoms with van der Waals surface area (Å²) >= 11 is 5.95. The molecule has 0 aliphatic carbocycles. The van der Waals surface area contributed by atoms with Gasteiger partial charge >= 0.3 is 0 Å². The first-order valence-electron chi connectivity index (χ1n) is 8.83. The summed E-state index contributed by atoms with van der Waals surface area (Å²) in [5.41, 5.74) is 1.28. The molecule has 0 aromatic heterocycles. The van der Waals surface area contributed by atoms with Crippen LogP contribution in [-0.2, 0) is 9.59 Å². The number of ether oxygens (including phenoxy) is 2. The van der Waals surface area contributed by atoms with E-state index in [9.17, 15) is 9.59 Å². The monoisotopic (exact) mass is 414 g/mol. The first-order chi connectivity index (χ1) is 13.9. The van der Waals surface area contributed by atoms with Gasteiger partial charge in [0.1, 0.15) is 18.1 Å². The van der Waals surface area contributed by atoms with Crippen molar-refractivity contribution >= 4 is 35.2 Å². The van der Waals surface area contributed by atoms with Crippen LogP contribution < -0.4 is 14.8 Å². The summed E-state index contributed by atoms with van der Waals surface area (Å²) < 4.78 is 10.6. The second-order valence-corrected chi connectivity index (χ2v) is 6.53. The fraction of sp³-hybridized carbons (Fsp3) is 0.182. The Kier molecular flexibility index (Phi) is 8.30.